The van der Waals surface area contributed by atoms with E-state index in [1.165, 1.54) is 9.87 Å². The lowest BCUT2D eigenvalue weighted by Gasteiger charge is -2.16. The molecule has 2 N–H and O–H groups in total. The molecule has 0 unspecified atom stereocenters. The van der Waals surface area contributed by atoms with Crippen LogP contribution in [0.3, 0.4) is 0 Å². The zero-order valence-corrected chi connectivity index (χ0v) is 14.8. The smallest absolute Gasteiger partial charge is 0.214 e. The van der Waals surface area contributed by atoms with E-state index >= 15 is 0 Å². The molecule has 0 aromatic heterocycles. The minimum atomic E-state index is -3.03. The number of hydrogen-bond donors (Lipinski definition) is 2. The van der Waals surface area contributed by atoms with Crippen molar-refractivity contribution in [2.75, 3.05) is 39.0 Å². The van der Waals surface area contributed by atoms with Crippen LogP contribution in [-0.2, 0) is 16.4 Å². The molecule has 6 nitrogen and oxygen atoms in total. The number of halogens is 1. The van der Waals surface area contributed by atoms with Crippen LogP contribution in [0.4, 0.5) is 0 Å². The number of hydrogen-bond acceptors (Lipinski definition) is 3. The van der Waals surface area contributed by atoms with Crippen molar-refractivity contribution in [3.63, 3.8) is 0 Å². The molecule has 0 spiro atoms. The Balaban J connectivity index is 1.68. The van der Waals surface area contributed by atoms with Gasteiger partial charge in [-0.2, -0.15) is 0 Å². The number of aliphatic imine (C=N–C) groups is 1. The molecular weight excluding hydrogens is 336 g/mol. The molecule has 128 valence electrons. The van der Waals surface area contributed by atoms with Crippen LogP contribution in [0, 0.1) is 0 Å². The topological polar surface area (TPSA) is 73.8 Å². The Morgan fingerprint density at radius 3 is 2.57 bits per heavy atom. The highest BCUT2D eigenvalue weighted by molar-refractivity contribution is 7.89. The van der Waals surface area contributed by atoms with Gasteiger partial charge in [-0.25, -0.2) is 12.7 Å². The average Bonchev–Trinajstić information content (AvgIpc) is 2.86. The molecule has 0 saturated carbocycles. The predicted molar refractivity (Wildman–Crippen MR) is 94.5 cm³/mol. The summed E-state index contributed by atoms with van der Waals surface area (Å²) in [7, 11) is -1.33. The maximum atomic E-state index is 11.7. The number of nitrogens with one attached hydrogen (secondary N) is 2. The molecule has 0 radical (unpaired) electrons. The van der Waals surface area contributed by atoms with Gasteiger partial charge in [0, 0.05) is 38.2 Å². The molecule has 1 aliphatic rings. The largest absolute Gasteiger partial charge is 0.356 e. The van der Waals surface area contributed by atoms with Gasteiger partial charge in [0.15, 0.2) is 5.96 Å². The highest BCUT2D eigenvalue weighted by atomic mass is 35.5. The Morgan fingerprint density at radius 1 is 1.26 bits per heavy atom. The summed E-state index contributed by atoms with van der Waals surface area (Å²) >= 11 is 5.86. The normalized spacial score (nSPS) is 18.1. The van der Waals surface area contributed by atoms with E-state index in [0.717, 1.165) is 24.4 Å². The molecule has 1 fully saturated rings. The van der Waals surface area contributed by atoms with E-state index in [-0.39, 0.29) is 5.75 Å². The molecule has 0 bridgehead atoms. The molecule has 8 heteroatoms. The molecule has 0 amide bonds. The van der Waals surface area contributed by atoms with E-state index < -0.39 is 10.0 Å². The first-order valence-corrected chi connectivity index (χ1v) is 9.67. The Labute approximate surface area is 143 Å². The Kier molecular flexibility index (Phi) is 6.68. The molecule has 2 rings (SSSR count). The monoisotopic (exact) mass is 358 g/mol. The van der Waals surface area contributed by atoms with Gasteiger partial charge in [0.2, 0.25) is 10.0 Å². The third-order valence-corrected chi connectivity index (χ3v) is 5.91. The summed E-state index contributed by atoms with van der Waals surface area (Å²) < 4.78 is 24.9. The zero-order valence-electron chi connectivity index (χ0n) is 13.3. The first kappa shape index (κ1) is 18.0. The van der Waals surface area contributed by atoms with E-state index in [9.17, 15) is 8.42 Å². The van der Waals surface area contributed by atoms with Crippen LogP contribution < -0.4 is 10.6 Å². The van der Waals surface area contributed by atoms with Crippen molar-refractivity contribution >= 4 is 27.6 Å². The van der Waals surface area contributed by atoms with Crippen molar-refractivity contribution in [1.29, 1.82) is 0 Å². The number of guanidine groups is 1. The van der Waals surface area contributed by atoms with Gasteiger partial charge in [0.25, 0.3) is 0 Å². The fraction of sp³-hybridized carbons (Fsp3) is 0.533. The van der Waals surface area contributed by atoms with Crippen molar-refractivity contribution in [2.24, 2.45) is 4.99 Å². The maximum Gasteiger partial charge on any atom is 0.214 e. The number of rotatable bonds is 6. The highest BCUT2D eigenvalue weighted by Gasteiger charge is 2.27. The van der Waals surface area contributed by atoms with Crippen molar-refractivity contribution in [3.8, 4) is 0 Å². The second-order valence-electron chi connectivity index (χ2n) is 5.37. The molecule has 1 aromatic carbocycles. The lowest BCUT2D eigenvalue weighted by molar-refractivity contribution is 0.445. The second-order valence-corrected chi connectivity index (χ2v) is 7.90. The minimum absolute atomic E-state index is 0.265. The van der Waals surface area contributed by atoms with Crippen molar-refractivity contribution in [3.05, 3.63) is 34.9 Å². The van der Waals surface area contributed by atoms with Crippen LogP contribution in [0.25, 0.3) is 0 Å². The van der Waals surface area contributed by atoms with Gasteiger partial charge >= 0.3 is 0 Å². The third kappa shape index (κ3) is 5.67. The molecular formula is C15H23ClN4O2S. The van der Waals surface area contributed by atoms with Crippen molar-refractivity contribution in [2.45, 2.75) is 12.8 Å². The van der Waals surface area contributed by atoms with Gasteiger partial charge in [-0.3, -0.25) is 4.99 Å². The number of nitrogens with zero attached hydrogens (tertiary/aromatic N) is 2. The number of benzene rings is 1. The Morgan fingerprint density at radius 2 is 1.96 bits per heavy atom. The Hall–Kier alpha value is -1.31. The van der Waals surface area contributed by atoms with Gasteiger partial charge < -0.3 is 10.6 Å². The summed E-state index contributed by atoms with van der Waals surface area (Å²) in [6, 6.07) is 7.75. The standard InChI is InChI=1S/C15H23ClN4O2S/c1-17-15(18-8-7-13-3-5-14(16)6-4-13)19-9-11-20-10-2-12-23(20,21)22/h3-6H,2,7-12H2,1H3,(H2,17,18,19). The SMILES string of the molecule is CN=C(NCCc1ccc(Cl)cc1)NCCN1CCCS1(=O)=O. The molecule has 1 saturated heterocycles. The summed E-state index contributed by atoms with van der Waals surface area (Å²) in [5.74, 6) is 0.941. The number of sulfonamides is 1. The van der Waals surface area contributed by atoms with Gasteiger partial charge in [0.05, 0.1) is 5.75 Å². The van der Waals surface area contributed by atoms with Crippen LogP contribution in [0.5, 0.6) is 0 Å². The van der Waals surface area contributed by atoms with E-state index in [0.29, 0.717) is 25.6 Å². The maximum absolute atomic E-state index is 11.7. The first-order valence-electron chi connectivity index (χ1n) is 7.68. The van der Waals surface area contributed by atoms with Crippen LogP contribution in [-0.4, -0.2) is 57.7 Å². The van der Waals surface area contributed by atoms with E-state index in [4.69, 9.17) is 11.6 Å². The van der Waals surface area contributed by atoms with Crippen LogP contribution >= 0.6 is 11.6 Å². The fourth-order valence-electron chi connectivity index (χ4n) is 2.44. The van der Waals surface area contributed by atoms with Gasteiger partial charge in [-0.1, -0.05) is 23.7 Å². The molecule has 1 heterocycles. The summed E-state index contributed by atoms with van der Waals surface area (Å²) in [5.41, 5.74) is 1.19. The first-order chi connectivity index (χ1) is 11.0. The third-order valence-electron chi connectivity index (χ3n) is 3.70. The quantitative estimate of drug-likeness (QED) is 0.589. The molecule has 1 aromatic rings. The van der Waals surface area contributed by atoms with Crippen molar-refractivity contribution in [1.82, 2.24) is 14.9 Å². The van der Waals surface area contributed by atoms with Gasteiger partial charge in [-0.05, 0) is 30.5 Å². The Bertz CT molecular complexity index is 631. The van der Waals surface area contributed by atoms with Crippen LogP contribution in [0.15, 0.2) is 29.3 Å². The molecule has 1 aliphatic heterocycles. The summed E-state index contributed by atoms with van der Waals surface area (Å²) in [6.07, 6.45) is 1.58. The van der Waals surface area contributed by atoms with Crippen molar-refractivity contribution < 1.29 is 8.42 Å². The minimum Gasteiger partial charge on any atom is -0.356 e. The molecule has 23 heavy (non-hydrogen) atoms. The lowest BCUT2D eigenvalue weighted by Crippen LogP contribution is -2.42. The summed E-state index contributed by atoms with van der Waals surface area (Å²) in [4.78, 5) is 4.14. The molecule has 0 atom stereocenters. The summed E-state index contributed by atoms with van der Waals surface area (Å²) in [5, 5.41) is 7.09. The van der Waals surface area contributed by atoms with E-state index in [2.05, 4.69) is 15.6 Å². The summed E-state index contributed by atoms with van der Waals surface area (Å²) in [6.45, 7) is 2.37. The predicted octanol–water partition coefficient (Wildman–Crippen LogP) is 1.08. The van der Waals surface area contributed by atoms with E-state index in [1.807, 2.05) is 24.3 Å². The molecule has 0 aliphatic carbocycles. The highest BCUT2D eigenvalue weighted by Crippen LogP contribution is 2.11. The van der Waals surface area contributed by atoms with Gasteiger partial charge in [-0.15, -0.1) is 0 Å². The van der Waals surface area contributed by atoms with Gasteiger partial charge in [0.1, 0.15) is 0 Å². The lowest BCUT2D eigenvalue weighted by atomic mass is 10.1. The fourth-order valence-corrected chi connectivity index (χ4v) is 4.09. The van der Waals surface area contributed by atoms with Crippen LogP contribution in [0.1, 0.15) is 12.0 Å². The average molecular weight is 359 g/mol. The van der Waals surface area contributed by atoms with E-state index in [1.54, 1.807) is 7.05 Å². The zero-order chi connectivity index (χ0) is 16.7. The second kappa shape index (κ2) is 8.52. The van der Waals surface area contributed by atoms with Crippen LogP contribution in [0.2, 0.25) is 5.02 Å².